The molecule has 0 saturated heterocycles. The molecule has 3 rings (SSSR count). The summed E-state index contributed by atoms with van der Waals surface area (Å²) >= 11 is 1.37. The number of hydrogen-bond acceptors (Lipinski definition) is 7. The Balaban J connectivity index is 1.48. The second-order valence-corrected chi connectivity index (χ2v) is 6.44. The van der Waals surface area contributed by atoms with Crippen LogP contribution in [0.25, 0.3) is 11.5 Å². The third-order valence-electron chi connectivity index (χ3n) is 3.49. The number of rotatable bonds is 7. The van der Waals surface area contributed by atoms with Crippen LogP contribution in [0.3, 0.4) is 0 Å². The summed E-state index contributed by atoms with van der Waals surface area (Å²) in [5.41, 5.74) is 1.73. The molecule has 0 bridgehead atoms. The normalized spacial score (nSPS) is 10.5. The number of methoxy groups -OCH3 is 1. The lowest BCUT2D eigenvalue weighted by Gasteiger charge is -2.07. The van der Waals surface area contributed by atoms with Gasteiger partial charge in [-0.25, -0.2) is 4.98 Å². The predicted molar refractivity (Wildman–Crippen MR) is 97.8 cm³/mol. The highest BCUT2D eigenvalue weighted by molar-refractivity contribution is 7.99. The molecular weight excluding hydrogens is 352 g/mol. The van der Waals surface area contributed by atoms with E-state index in [0.29, 0.717) is 18.3 Å². The topological polar surface area (TPSA) is 90.1 Å². The molecule has 0 atom stereocenters. The third kappa shape index (κ3) is 4.82. The zero-order chi connectivity index (χ0) is 18.4. The molecule has 1 amide bonds. The van der Waals surface area contributed by atoms with Gasteiger partial charge < -0.3 is 14.6 Å². The van der Waals surface area contributed by atoms with Gasteiger partial charge in [-0.05, 0) is 36.8 Å². The Morgan fingerprint density at radius 1 is 1.31 bits per heavy atom. The average Bonchev–Trinajstić information content (AvgIpc) is 3.11. The molecule has 0 fully saturated rings. The highest BCUT2D eigenvalue weighted by Gasteiger charge is 2.08. The second-order valence-electron chi connectivity index (χ2n) is 5.45. The fraction of sp³-hybridized carbons (Fsp3) is 0.222. The van der Waals surface area contributed by atoms with Crippen LogP contribution < -0.4 is 10.1 Å². The molecule has 0 unspecified atom stereocenters. The van der Waals surface area contributed by atoms with E-state index < -0.39 is 0 Å². The van der Waals surface area contributed by atoms with Crippen LogP contribution in [-0.4, -0.2) is 33.9 Å². The van der Waals surface area contributed by atoms with E-state index in [9.17, 15) is 4.79 Å². The second kappa shape index (κ2) is 8.48. The van der Waals surface area contributed by atoms with Crippen LogP contribution in [0.1, 0.15) is 11.4 Å². The number of pyridine rings is 1. The molecule has 8 heteroatoms. The first kappa shape index (κ1) is 17.9. The van der Waals surface area contributed by atoms with E-state index in [1.807, 2.05) is 36.4 Å². The summed E-state index contributed by atoms with van der Waals surface area (Å²) in [6.45, 7) is 2.22. The van der Waals surface area contributed by atoms with Crippen LogP contribution in [0.4, 0.5) is 0 Å². The number of aryl methyl sites for hydroxylation is 1. The largest absolute Gasteiger partial charge is 0.497 e. The Morgan fingerprint density at radius 2 is 2.19 bits per heavy atom. The van der Waals surface area contributed by atoms with Crippen molar-refractivity contribution in [3.05, 3.63) is 54.0 Å². The van der Waals surface area contributed by atoms with Crippen molar-refractivity contribution in [2.75, 3.05) is 12.9 Å². The van der Waals surface area contributed by atoms with Crippen molar-refractivity contribution in [3.63, 3.8) is 0 Å². The molecule has 2 aromatic heterocycles. The number of nitrogens with one attached hydrogen (secondary N) is 1. The average molecular weight is 370 g/mol. The van der Waals surface area contributed by atoms with Crippen molar-refractivity contribution in [1.82, 2.24) is 20.4 Å². The van der Waals surface area contributed by atoms with Gasteiger partial charge in [0.25, 0.3) is 5.89 Å². The van der Waals surface area contributed by atoms with Gasteiger partial charge in [0.05, 0.1) is 23.5 Å². The minimum Gasteiger partial charge on any atom is -0.497 e. The molecule has 3 aromatic rings. The number of amides is 1. The lowest BCUT2D eigenvalue weighted by atomic mass is 10.2. The maximum atomic E-state index is 12.0. The summed E-state index contributed by atoms with van der Waals surface area (Å²) in [5, 5.41) is 7.39. The van der Waals surface area contributed by atoms with Gasteiger partial charge in [-0.1, -0.05) is 29.1 Å². The van der Waals surface area contributed by atoms with Crippen LogP contribution in [0.5, 0.6) is 5.75 Å². The van der Waals surface area contributed by atoms with E-state index >= 15 is 0 Å². The van der Waals surface area contributed by atoms with Crippen LogP contribution in [0.15, 0.2) is 52.1 Å². The van der Waals surface area contributed by atoms with Crippen molar-refractivity contribution in [1.29, 1.82) is 0 Å². The van der Waals surface area contributed by atoms with Gasteiger partial charge in [0, 0.05) is 12.7 Å². The first-order valence-electron chi connectivity index (χ1n) is 7.93. The molecule has 0 aliphatic carbocycles. The van der Waals surface area contributed by atoms with E-state index in [-0.39, 0.29) is 11.7 Å². The minimum absolute atomic E-state index is 0.0591. The maximum absolute atomic E-state index is 12.0. The third-order valence-corrected chi connectivity index (χ3v) is 4.43. The Morgan fingerprint density at radius 3 is 2.88 bits per heavy atom. The van der Waals surface area contributed by atoms with Crippen LogP contribution >= 0.6 is 11.8 Å². The fourth-order valence-corrected chi connectivity index (χ4v) is 2.85. The van der Waals surface area contributed by atoms with E-state index in [1.54, 1.807) is 20.2 Å². The van der Waals surface area contributed by atoms with Crippen molar-refractivity contribution < 1.29 is 14.1 Å². The standard InChI is InChI=1S/C18H18N4O3S/c1-12-21-18(25-22-12)14-6-7-17(20-10-14)26-11-16(23)19-9-13-4-3-5-15(8-13)24-2/h3-8,10H,9,11H2,1-2H3,(H,19,23). The first-order valence-corrected chi connectivity index (χ1v) is 8.92. The predicted octanol–water partition coefficient (Wildman–Crippen LogP) is 2.86. The summed E-state index contributed by atoms with van der Waals surface area (Å²) in [5.74, 6) is 2.01. The SMILES string of the molecule is COc1cccc(CNC(=O)CSc2ccc(-c3nc(C)no3)cn2)c1. The number of nitrogens with zero attached hydrogens (tertiary/aromatic N) is 3. The van der Waals surface area contributed by atoms with Crippen molar-refractivity contribution in [2.24, 2.45) is 0 Å². The molecule has 7 nitrogen and oxygen atoms in total. The zero-order valence-corrected chi connectivity index (χ0v) is 15.2. The van der Waals surface area contributed by atoms with Gasteiger partial charge >= 0.3 is 0 Å². The highest BCUT2D eigenvalue weighted by Crippen LogP contribution is 2.20. The number of carbonyl (C=O) groups excluding carboxylic acids is 1. The smallest absolute Gasteiger partial charge is 0.259 e. The highest BCUT2D eigenvalue weighted by atomic mass is 32.2. The molecule has 2 heterocycles. The van der Waals surface area contributed by atoms with Crippen molar-refractivity contribution >= 4 is 17.7 Å². The minimum atomic E-state index is -0.0591. The lowest BCUT2D eigenvalue weighted by molar-refractivity contribution is -0.118. The maximum Gasteiger partial charge on any atom is 0.259 e. The Bertz CT molecular complexity index is 880. The molecule has 1 aromatic carbocycles. The summed E-state index contributed by atoms with van der Waals surface area (Å²) < 4.78 is 10.3. The number of carbonyl (C=O) groups is 1. The van der Waals surface area contributed by atoms with Crippen molar-refractivity contribution in [3.8, 4) is 17.2 Å². The van der Waals surface area contributed by atoms with E-state index in [4.69, 9.17) is 9.26 Å². The van der Waals surface area contributed by atoms with Gasteiger partial charge in [0.2, 0.25) is 5.91 Å². The zero-order valence-electron chi connectivity index (χ0n) is 14.4. The molecule has 0 saturated carbocycles. The summed E-state index contributed by atoms with van der Waals surface area (Å²) in [6, 6.07) is 11.3. The monoisotopic (exact) mass is 370 g/mol. The van der Waals surface area contributed by atoms with Crippen LogP contribution in [0, 0.1) is 6.92 Å². The number of ether oxygens (including phenoxy) is 1. The Hall–Kier alpha value is -2.87. The van der Waals surface area contributed by atoms with E-state index in [0.717, 1.165) is 21.9 Å². The lowest BCUT2D eigenvalue weighted by Crippen LogP contribution is -2.24. The van der Waals surface area contributed by atoms with Gasteiger partial charge in [0.1, 0.15) is 5.75 Å². The quantitative estimate of drug-likeness (QED) is 0.640. The Labute approximate surface area is 155 Å². The molecule has 134 valence electrons. The molecule has 0 spiro atoms. The van der Waals surface area contributed by atoms with Crippen molar-refractivity contribution in [2.45, 2.75) is 18.5 Å². The fourth-order valence-electron chi connectivity index (χ4n) is 2.18. The van der Waals surface area contributed by atoms with Gasteiger partial charge in [-0.15, -0.1) is 0 Å². The molecule has 0 radical (unpaired) electrons. The van der Waals surface area contributed by atoms with Crippen LogP contribution in [0.2, 0.25) is 0 Å². The van der Waals surface area contributed by atoms with E-state index in [1.165, 1.54) is 11.8 Å². The molecule has 1 N–H and O–H groups in total. The van der Waals surface area contributed by atoms with Gasteiger partial charge in [0.15, 0.2) is 5.82 Å². The number of thioether (sulfide) groups is 1. The summed E-state index contributed by atoms with van der Waals surface area (Å²) in [7, 11) is 1.62. The molecule has 0 aliphatic heterocycles. The first-order chi connectivity index (χ1) is 12.6. The Kier molecular flexibility index (Phi) is 5.85. The molecule has 0 aliphatic rings. The summed E-state index contributed by atoms with van der Waals surface area (Å²) in [6.07, 6.45) is 1.66. The summed E-state index contributed by atoms with van der Waals surface area (Å²) in [4.78, 5) is 20.5. The number of hydrogen-bond donors (Lipinski definition) is 1. The van der Waals surface area contributed by atoms with E-state index in [2.05, 4.69) is 20.4 Å². The van der Waals surface area contributed by atoms with Crippen LogP contribution in [-0.2, 0) is 11.3 Å². The van der Waals surface area contributed by atoms with Gasteiger partial charge in [-0.3, -0.25) is 4.79 Å². The molecular formula is C18H18N4O3S. The number of aromatic nitrogens is 3. The molecule has 26 heavy (non-hydrogen) atoms. The number of benzene rings is 1. The van der Waals surface area contributed by atoms with Gasteiger partial charge in [-0.2, -0.15) is 4.98 Å².